The predicted octanol–water partition coefficient (Wildman–Crippen LogP) is 1.96. The first-order valence-electron chi connectivity index (χ1n) is 3.55. The second-order valence-corrected chi connectivity index (χ2v) is 2.72. The van der Waals surface area contributed by atoms with Crippen LogP contribution in [-0.2, 0) is 0 Å². The zero-order chi connectivity index (χ0) is 7.11. The fraction of sp³-hybridized carbons (Fsp3) is 1.00. The predicted molar refractivity (Wildman–Crippen MR) is 43.1 cm³/mol. The molecule has 0 saturated heterocycles. The Kier molecular flexibility index (Phi) is 6.55. The lowest BCUT2D eigenvalue weighted by molar-refractivity contribution is 0.348. The fourth-order valence-corrected chi connectivity index (χ4v) is 0.973. The molecule has 0 unspecified atom stereocenters. The summed E-state index contributed by atoms with van der Waals surface area (Å²) in [5.74, 6) is 0.750. The number of unbranched alkanes of at least 4 members (excludes halogenated alkanes) is 1. The highest BCUT2D eigenvalue weighted by Gasteiger charge is 1.93. The average molecular weight is 150 g/mol. The number of alkyl halides is 1. The van der Waals surface area contributed by atoms with E-state index in [9.17, 15) is 0 Å². The zero-order valence-electron chi connectivity index (χ0n) is 6.36. The van der Waals surface area contributed by atoms with Crippen LogP contribution >= 0.6 is 11.6 Å². The van der Waals surface area contributed by atoms with Gasteiger partial charge in [-0.05, 0) is 20.0 Å². The van der Waals surface area contributed by atoms with E-state index >= 15 is 0 Å². The third-order valence-electron chi connectivity index (χ3n) is 1.36. The summed E-state index contributed by atoms with van der Waals surface area (Å²) in [7, 11) is 2.11. The van der Waals surface area contributed by atoms with Crippen molar-refractivity contribution < 1.29 is 0 Å². The molecule has 0 aliphatic carbocycles. The first kappa shape index (κ1) is 9.25. The number of halogens is 1. The number of nitrogens with zero attached hydrogens (tertiary/aromatic N) is 1. The molecule has 0 aromatic rings. The van der Waals surface area contributed by atoms with E-state index in [1.165, 1.54) is 19.4 Å². The summed E-state index contributed by atoms with van der Waals surface area (Å²) in [6.07, 6.45) is 2.56. The van der Waals surface area contributed by atoms with Gasteiger partial charge in [-0.3, -0.25) is 0 Å². The molecule has 0 rings (SSSR count). The minimum absolute atomic E-state index is 0.750. The van der Waals surface area contributed by atoms with Gasteiger partial charge in [0.05, 0.1) is 0 Å². The minimum atomic E-state index is 0.750. The van der Waals surface area contributed by atoms with Crippen molar-refractivity contribution in [3.63, 3.8) is 0 Å². The molecule has 0 aliphatic heterocycles. The monoisotopic (exact) mass is 149 g/mol. The standard InChI is InChI=1S/C7H16ClN/c1-3-4-6-9(2)7-5-8/h3-7H2,1-2H3. The van der Waals surface area contributed by atoms with Crippen LogP contribution in [-0.4, -0.2) is 30.9 Å². The van der Waals surface area contributed by atoms with Crippen LogP contribution in [0.5, 0.6) is 0 Å². The molecule has 0 heterocycles. The van der Waals surface area contributed by atoms with Gasteiger partial charge in [-0.2, -0.15) is 0 Å². The van der Waals surface area contributed by atoms with Gasteiger partial charge in [-0.25, -0.2) is 0 Å². The van der Waals surface area contributed by atoms with Crippen LogP contribution in [0.15, 0.2) is 0 Å². The van der Waals surface area contributed by atoms with Gasteiger partial charge < -0.3 is 4.90 Å². The van der Waals surface area contributed by atoms with Gasteiger partial charge in [-0.1, -0.05) is 13.3 Å². The van der Waals surface area contributed by atoms with Crippen LogP contribution in [0.25, 0.3) is 0 Å². The molecular weight excluding hydrogens is 134 g/mol. The lowest BCUT2D eigenvalue weighted by atomic mass is 10.3. The third-order valence-corrected chi connectivity index (χ3v) is 1.53. The van der Waals surface area contributed by atoms with E-state index in [0.717, 1.165) is 12.4 Å². The Labute approximate surface area is 63.0 Å². The molecule has 0 fully saturated rings. The highest BCUT2D eigenvalue weighted by molar-refractivity contribution is 6.18. The summed E-state index contributed by atoms with van der Waals surface area (Å²) < 4.78 is 0. The van der Waals surface area contributed by atoms with Crippen molar-refractivity contribution >= 4 is 11.6 Å². The molecule has 0 atom stereocenters. The fourth-order valence-electron chi connectivity index (χ4n) is 0.684. The molecule has 0 aromatic carbocycles. The maximum atomic E-state index is 5.53. The van der Waals surface area contributed by atoms with Crippen LogP contribution in [0.4, 0.5) is 0 Å². The molecule has 0 saturated carbocycles. The van der Waals surface area contributed by atoms with Crippen LogP contribution in [0.3, 0.4) is 0 Å². The Morgan fingerprint density at radius 2 is 2.00 bits per heavy atom. The van der Waals surface area contributed by atoms with Gasteiger partial charge >= 0.3 is 0 Å². The van der Waals surface area contributed by atoms with Gasteiger partial charge in [0.25, 0.3) is 0 Å². The van der Waals surface area contributed by atoms with Gasteiger partial charge in [0, 0.05) is 12.4 Å². The number of hydrogen-bond acceptors (Lipinski definition) is 1. The Bertz CT molecular complexity index is 56.9. The van der Waals surface area contributed by atoms with Crippen molar-refractivity contribution in [2.45, 2.75) is 19.8 Å². The summed E-state index contributed by atoms with van der Waals surface area (Å²) in [5.41, 5.74) is 0. The Hall–Kier alpha value is 0.250. The van der Waals surface area contributed by atoms with Crippen LogP contribution in [0.1, 0.15) is 19.8 Å². The van der Waals surface area contributed by atoms with E-state index in [1.807, 2.05) is 0 Å². The zero-order valence-corrected chi connectivity index (χ0v) is 7.12. The highest BCUT2D eigenvalue weighted by atomic mass is 35.5. The molecule has 0 N–H and O–H groups in total. The van der Waals surface area contributed by atoms with Gasteiger partial charge in [0.1, 0.15) is 0 Å². The maximum Gasteiger partial charge on any atom is 0.0351 e. The van der Waals surface area contributed by atoms with Crippen molar-refractivity contribution in [1.29, 1.82) is 0 Å². The SMILES string of the molecule is CCCCN(C)CCCl. The molecule has 0 bridgehead atoms. The van der Waals surface area contributed by atoms with E-state index in [4.69, 9.17) is 11.6 Å². The second kappa shape index (κ2) is 6.37. The van der Waals surface area contributed by atoms with Crippen molar-refractivity contribution in [3.8, 4) is 0 Å². The van der Waals surface area contributed by atoms with E-state index in [2.05, 4.69) is 18.9 Å². The van der Waals surface area contributed by atoms with Gasteiger partial charge in [0.2, 0.25) is 0 Å². The third kappa shape index (κ3) is 6.13. The summed E-state index contributed by atoms with van der Waals surface area (Å²) >= 11 is 5.53. The summed E-state index contributed by atoms with van der Waals surface area (Å²) in [6, 6.07) is 0. The number of rotatable bonds is 5. The molecule has 2 heteroatoms. The minimum Gasteiger partial charge on any atom is -0.305 e. The summed E-state index contributed by atoms with van der Waals surface area (Å²) in [6.45, 7) is 4.40. The molecule has 0 aliphatic rings. The van der Waals surface area contributed by atoms with E-state index in [0.29, 0.717) is 0 Å². The molecule has 9 heavy (non-hydrogen) atoms. The number of hydrogen-bond donors (Lipinski definition) is 0. The largest absolute Gasteiger partial charge is 0.305 e. The molecule has 1 nitrogen and oxygen atoms in total. The lowest BCUT2D eigenvalue weighted by Crippen LogP contribution is -2.21. The van der Waals surface area contributed by atoms with Crippen molar-refractivity contribution in [3.05, 3.63) is 0 Å². The van der Waals surface area contributed by atoms with Crippen molar-refractivity contribution in [1.82, 2.24) is 4.90 Å². The second-order valence-electron chi connectivity index (χ2n) is 2.35. The molecular formula is C7H16ClN. The highest BCUT2D eigenvalue weighted by Crippen LogP contribution is 1.91. The molecule has 0 aromatic heterocycles. The van der Waals surface area contributed by atoms with Crippen LogP contribution < -0.4 is 0 Å². The molecule has 0 amide bonds. The Balaban J connectivity index is 2.95. The first-order valence-corrected chi connectivity index (χ1v) is 4.09. The van der Waals surface area contributed by atoms with Crippen molar-refractivity contribution in [2.24, 2.45) is 0 Å². The topological polar surface area (TPSA) is 3.24 Å². The van der Waals surface area contributed by atoms with Crippen LogP contribution in [0, 0.1) is 0 Å². The van der Waals surface area contributed by atoms with E-state index in [-0.39, 0.29) is 0 Å². The first-order chi connectivity index (χ1) is 4.31. The maximum absolute atomic E-state index is 5.53. The van der Waals surface area contributed by atoms with E-state index in [1.54, 1.807) is 0 Å². The quantitative estimate of drug-likeness (QED) is 0.541. The van der Waals surface area contributed by atoms with E-state index < -0.39 is 0 Å². The lowest BCUT2D eigenvalue weighted by Gasteiger charge is -2.12. The van der Waals surface area contributed by atoms with Crippen molar-refractivity contribution in [2.75, 3.05) is 26.0 Å². The average Bonchev–Trinajstić information content (AvgIpc) is 1.85. The molecule has 0 spiro atoms. The Morgan fingerprint density at radius 1 is 1.33 bits per heavy atom. The Morgan fingerprint density at radius 3 is 2.44 bits per heavy atom. The smallest absolute Gasteiger partial charge is 0.0351 e. The molecule has 0 radical (unpaired) electrons. The van der Waals surface area contributed by atoms with Gasteiger partial charge in [-0.15, -0.1) is 11.6 Å². The molecule has 56 valence electrons. The van der Waals surface area contributed by atoms with Gasteiger partial charge in [0.15, 0.2) is 0 Å². The summed E-state index contributed by atoms with van der Waals surface area (Å²) in [5, 5.41) is 0. The van der Waals surface area contributed by atoms with Crippen LogP contribution in [0.2, 0.25) is 0 Å². The summed E-state index contributed by atoms with van der Waals surface area (Å²) in [4.78, 5) is 2.26. The normalized spacial score (nSPS) is 10.7.